The summed E-state index contributed by atoms with van der Waals surface area (Å²) in [6, 6.07) is 18.8. The zero-order chi connectivity index (χ0) is 21.0. The number of nitrogens with zero attached hydrogens (tertiary/aromatic N) is 4. The maximum Gasteiger partial charge on any atom is 0.168 e. The fourth-order valence-corrected chi connectivity index (χ4v) is 4.41. The van der Waals surface area contributed by atoms with Crippen molar-refractivity contribution >= 4 is 23.1 Å². The lowest BCUT2D eigenvalue weighted by Gasteiger charge is -2.31. The summed E-state index contributed by atoms with van der Waals surface area (Å²) in [5, 5.41) is 17.6. The monoisotopic (exact) mass is 414 g/mol. The third kappa shape index (κ3) is 4.88. The van der Waals surface area contributed by atoms with Crippen LogP contribution in [0, 0.1) is 5.92 Å². The number of hydrazine groups is 1. The van der Waals surface area contributed by atoms with Crippen LogP contribution in [0.5, 0.6) is 0 Å². The highest BCUT2D eigenvalue weighted by Crippen LogP contribution is 2.23. The van der Waals surface area contributed by atoms with Gasteiger partial charge in [0.15, 0.2) is 11.6 Å². The van der Waals surface area contributed by atoms with Crippen LogP contribution in [0.4, 0.5) is 17.3 Å². The van der Waals surface area contributed by atoms with Crippen molar-refractivity contribution < 1.29 is 4.79 Å². The van der Waals surface area contributed by atoms with Crippen molar-refractivity contribution in [2.24, 2.45) is 5.92 Å². The topological polar surface area (TPSA) is 83.0 Å². The number of hydrogen-bond donors (Lipinski definition) is 2. The third-order valence-electron chi connectivity index (χ3n) is 6.06. The van der Waals surface area contributed by atoms with Gasteiger partial charge in [-0.2, -0.15) is 0 Å². The van der Waals surface area contributed by atoms with E-state index in [1.165, 1.54) is 16.7 Å². The molecular weight excluding hydrogens is 388 g/mol. The van der Waals surface area contributed by atoms with E-state index in [9.17, 15) is 4.79 Å². The van der Waals surface area contributed by atoms with Crippen LogP contribution in [0.1, 0.15) is 36.0 Å². The number of nitrogens with one attached hydrogen (secondary N) is 2. The van der Waals surface area contributed by atoms with Gasteiger partial charge in [-0.25, -0.2) is 5.01 Å². The molecule has 1 aromatic heterocycles. The Labute approximate surface area is 181 Å². The molecule has 1 saturated heterocycles. The van der Waals surface area contributed by atoms with Crippen LogP contribution in [-0.4, -0.2) is 39.3 Å². The fourth-order valence-electron chi connectivity index (χ4n) is 4.41. The maximum absolute atomic E-state index is 12.8. The minimum absolute atomic E-state index is 0.144. The summed E-state index contributed by atoms with van der Waals surface area (Å²) in [6.07, 6.45) is 3.98. The summed E-state index contributed by atoms with van der Waals surface area (Å²) in [4.78, 5) is 12.8. The molecule has 7 nitrogen and oxygen atoms in total. The van der Waals surface area contributed by atoms with Gasteiger partial charge in [-0.05, 0) is 59.7 Å². The molecule has 0 unspecified atom stereocenters. The molecule has 0 atom stereocenters. The van der Waals surface area contributed by atoms with E-state index in [0.29, 0.717) is 23.8 Å². The lowest BCUT2D eigenvalue weighted by Crippen LogP contribution is -2.40. The number of ketones is 1. The highest BCUT2D eigenvalue weighted by atomic mass is 16.1. The van der Waals surface area contributed by atoms with E-state index >= 15 is 0 Å². The van der Waals surface area contributed by atoms with Gasteiger partial charge < -0.3 is 10.7 Å². The molecule has 0 radical (unpaired) electrons. The average molecular weight is 415 g/mol. The molecule has 0 aliphatic carbocycles. The molecule has 2 N–H and O–H groups in total. The van der Waals surface area contributed by atoms with Crippen molar-refractivity contribution in [3.05, 3.63) is 71.3 Å². The second-order valence-corrected chi connectivity index (χ2v) is 8.37. The number of hydrogen-bond acceptors (Lipinski definition) is 7. The van der Waals surface area contributed by atoms with Gasteiger partial charge in [-0.1, -0.05) is 36.4 Å². The number of carbonyl (C=O) groups is 1. The Balaban J connectivity index is 1.45. The van der Waals surface area contributed by atoms with Gasteiger partial charge in [-0.15, -0.1) is 10.2 Å². The van der Waals surface area contributed by atoms with Crippen LogP contribution in [0.15, 0.2) is 54.6 Å². The Morgan fingerprint density at radius 1 is 0.839 bits per heavy atom. The molecule has 3 aliphatic heterocycles. The highest BCUT2D eigenvalue weighted by Gasteiger charge is 2.25. The predicted octanol–water partition coefficient (Wildman–Crippen LogP) is 3.76. The van der Waals surface area contributed by atoms with Gasteiger partial charge in [0.05, 0.1) is 0 Å². The zero-order valence-corrected chi connectivity index (χ0v) is 17.4. The maximum atomic E-state index is 12.8. The average Bonchev–Trinajstić information content (AvgIpc) is 2.78. The Hall–Kier alpha value is -3.32. The van der Waals surface area contributed by atoms with Crippen LogP contribution in [0.2, 0.25) is 0 Å². The summed E-state index contributed by atoms with van der Waals surface area (Å²) in [5.41, 5.74) is 7.97. The molecule has 1 fully saturated rings. The second kappa shape index (κ2) is 8.81. The van der Waals surface area contributed by atoms with Crippen LogP contribution < -0.4 is 10.7 Å². The molecule has 3 aromatic rings. The molecule has 7 heteroatoms. The van der Waals surface area contributed by atoms with Crippen molar-refractivity contribution in [2.45, 2.75) is 32.1 Å². The summed E-state index contributed by atoms with van der Waals surface area (Å²) < 4.78 is 0. The van der Waals surface area contributed by atoms with Crippen molar-refractivity contribution in [2.75, 3.05) is 23.8 Å². The number of Topliss-reactive ketones (excluding diaryl/α,β-unsaturated/α-hetero) is 1. The predicted molar refractivity (Wildman–Crippen MR) is 120 cm³/mol. The fraction of sp³-hybridized carbons (Fsp3) is 0.333. The lowest BCUT2D eigenvalue weighted by atomic mass is 9.89. The highest BCUT2D eigenvalue weighted by molar-refractivity contribution is 5.81. The molecule has 0 spiro atoms. The largest absolute Gasteiger partial charge is 0.339 e. The van der Waals surface area contributed by atoms with Crippen molar-refractivity contribution in [1.82, 2.24) is 20.4 Å². The Morgan fingerprint density at radius 3 is 2.45 bits per heavy atom. The van der Waals surface area contributed by atoms with E-state index < -0.39 is 0 Å². The van der Waals surface area contributed by atoms with Gasteiger partial charge in [0.1, 0.15) is 5.78 Å². The van der Waals surface area contributed by atoms with E-state index in [1.54, 1.807) is 0 Å². The minimum Gasteiger partial charge on any atom is -0.339 e. The molecule has 4 heterocycles. The number of aryl methyl sites for hydroxylation is 1. The van der Waals surface area contributed by atoms with E-state index in [0.717, 1.165) is 44.5 Å². The minimum atomic E-state index is 0.144. The van der Waals surface area contributed by atoms with E-state index in [2.05, 4.69) is 67.6 Å². The number of rotatable bonds is 0. The van der Waals surface area contributed by atoms with E-state index in [4.69, 9.17) is 0 Å². The van der Waals surface area contributed by atoms with E-state index in [-0.39, 0.29) is 5.92 Å². The first-order valence-electron chi connectivity index (χ1n) is 10.9. The summed E-state index contributed by atoms with van der Waals surface area (Å²) in [6.45, 7) is 1.61. The van der Waals surface area contributed by atoms with Crippen LogP contribution in [-0.2, 0) is 17.6 Å². The number of aromatic nitrogens is 3. The first-order chi connectivity index (χ1) is 15.2. The normalized spacial score (nSPS) is 21.2. The second-order valence-electron chi connectivity index (χ2n) is 8.37. The third-order valence-corrected chi connectivity index (χ3v) is 6.06. The lowest BCUT2D eigenvalue weighted by molar-refractivity contribution is -0.124. The smallest absolute Gasteiger partial charge is 0.168 e. The Bertz CT molecular complexity index is 1080. The number of carbonyl (C=O) groups excluding carboxylic acids is 1. The van der Waals surface area contributed by atoms with Gasteiger partial charge in [0.25, 0.3) is 0 Å². The summed E-state index contributed by atoms with van der Waals surface area (Å²) >= 11 is 0. The molecule has 8 bridgehead atoms. The molecule has 2 aromatic carbocycles. The number of benzene rings is 2. The zero-order valence-electron chi connectivity index (χ0n) is 17.4. The number of anilines is 3. The molecular formula is C24H26N6O. The van der Waals surface area contributed by atoms with Crippen LogP contribution >= 0.6 is 0 Å². The molecule has 158 valence electrons. The van der Waals surface area contributed by atoms with Gasteiger partial charge in [0.2, 0.25) is 0 Å². The molecule has 0 saturated carbocycles. The van der Waals surface area contributed by atoms with Gasteiger partial charge >= 0.3 is 0 Å². The molecule has 3 aliphatic rings. The van der Waals surface area contributed by atoms with Gasteiger partial charge in [-0.3, -0.25) is 4.79 Å². The quantitative estimate of drug-likeness (QED) is 0.579. The number of fused-ring (bicyclic) bond motifs is 4. The summed E-state index contributed by atoms with van der Waals surface area (Å²) in [5.74, 6) is 1.81. The first-order valence-corrected chi connectivity index (χ1v) is 10.9. The number of piperidine rings is 1. The SMILES string of the molecule is O=C1CCc2cccc(c2)Cc2cccc(c2)Nc2cc(nnn2)NN2CCC1CC2. The first kappa shape index (κ1) is 19.6. The van der Waals surface area contributed by atoms with Crippen molar-refractivity contribution in [3.63, 3.8) is 0 Å². The van der Waals surface area contributed by atoms with Crippen LogP contribution in [0.25, 0.3) is 0 Å². The summed E-state index contributed by atoms with van der Waals surface area (Å²) in [7, 11) is 0. The van der Waals surface area contributed by atoms with Crippen LogP contribution in [0.3, 0.4) is 0 Å². The Morgan fingerprint density at radius 2 is 1.58 bits per heavy atom. The molecule has 31 heavy (non-hydrogen) atoms. The molecule has 6 rings (SSSR count). The standard InChI is InChI=1S/C24H26N6O/c31-22-8-7-17-3-1-4-18(13-17)14-19-5-2-6-21(15-19)25-23-16-24(27-29-26-23)28-30-11-9-20(22)10-12-30/h1-6,13,15-16,20H,7-12,14H2,(H2,25,26,27,28). The Kier molecular flexibility index (Phi) is 5.58. The van der Waals surface area contributed by atoms with Crippen molar-refractivity contribution in [1.29, 1.82) is 0 Å². The van der Waals surface area contributed by atoms with E-state index in [1.807, 2.05) is 18.2 Å². The van der Waals surface area contributed by atoms with Gasteiger partial charge in [0, 0.05) is 37.2 Å². The van der Waals surface area contributed by atoms with Crippen molar-refractivity contribution in [3.8, 4) is 0 Å². The molecule has 0 amide bonds.